The van der Waals surface area contributed by atoms with Crippen LogP contribution in [0.5, 0.6) is 5.75 Å². The molecule has 2 aromatic carbocycles. The number of benzene rings is 2. The van der Waals surface area contributed by atoms with Gasteiger partial charge in [0.15, 0.2) is 11.4 Å². The molecule has 3 aromatic rings. The maximum atomic E-state index is 11.6. The molecule has 0 saturated carbocycles. The summed E-state index contributed by atoms with van der Waals surface area (Å²) < 4.78 is 7.61. The molecule has 28 heavy (non-hydrogen) atoms. The maximum absolute atomic E-state index is 11.6. The molecule has 5 nitrogen and oxygen atoms in total. The van der Waals surface area contributed by atoms with Gasteiger partial charge in [-0.2, -0.15) is 0 Å². The number of amides is 1. The number of carbonyl (C=O) groups excluding carboxylic acids is 1. The molecule has 0 saturated heterocycles. The standard InChI is InChI=1S/C20H17Cl2N3O2S/c1-2-7-25-17(12-3-6-18-16(8-12)23-19(26)10-27-18)11-28-20(25)24-15-5-4-13(21)9-14(15)22/h3-6,8-9,11H,2,7,10H2,1H3,(H,23,26). The molecule has 0 fully saturated rings. The van der Waals surface area contributed by atoms with Crippen molar-refractivity contribution in [2.75, 3.05) is 11.9 Å². The van der Waals surface area contributed by atoms with Crippen molar-refractivity contribution in [3.05, 3.63) is 56.6 Å². The number of aromatic nitrogens is 1. The molecule has 0 spiro atoms. The maximum Gasteiger partial charge on any atom is 0.262 e. The number of rotatable bonds is 4. The predicted molar refractivity (Wildman–Crippen MR) is 114 cm³/mol. The third-order valence-electron chi connectivity index (χ3n) is 4.28. The molecule has 8 heteroatoms. The number of hydrogen-bond donors (Lipinski definition) is 1. The Labute approximate surface area is 176 Å². The topological polar surface area (TPSA) is 55.6 Å². The Morgan fingerprint density at radius 3 is 2.89 bits per heavy atom. The lowest BCUT2D eigenvalue weighted by Gasteiger charge is -2.18. The Morgan fingerprint density at radius 1 is 1.25 bits per heavy atom. The lowest BCUT2D eigenvalue weighted by atomic mass is 10.1. The van der Waals surface area contributed by atoms with Crippen molar-refractivity contribution in [3.8, 4) is 17.0 Å². The summed E-state index contributed by atoms with van der Waals surface area (Å²) in [7, 11) is 0. The lowest BCUT2D eigenvalue weighted by molar-refractivity contribution is -0.118. The van der Waals surface area contributed by atoms with Gasteiger partial charge in [0.1, 0.15) is 5.75 Å². The third kappa shape index (κ3) is 3.81. The highest BCUT2D eigenvalue weighted by Gasteiger charge is 2.17. The number of ether oxygens (including phenoxy) is 1. The van der Waals surface area contributed by atoms with Crippen LogP contribution in [0.1, 0.15) is 13.3 Å². The van der Waals surface area contributed by atoms with E-state index >= 15 is 0 Å². The summed E-state index contributed by atoms with van der Waals surface area (Å²) in [6.45, 7) is 2.97. The highest BCUT2D eigenvalue weighted by atomic mass is 35.5. The van der Waals surface area contributed by atoms with Crippen LogP contribution in [0.4, 0.5) is 11.4 Å². The predicted octanol–water partition coefficient (Wildman–Crippen LogP) is 5.50. The van der Waals surface area contributed by atoms with Crippen LogP contribution in [0.2, 0.25) is 10.0 Å². The van der Waals surface area contributed by atoms with Crippen molar-refractivity contribution < 1.29 is 9.53 Å². The van der Waals surface area contributed by atoms with E-state index in [0.717, 1.165) is 29.0 Å². The molecule has 1 aliphatic rings. The van der Waals surface area contributed by atoms with Gasteiger partial charge in [-0.25, -0.2) is 4.99 Å². The van der Waals surface area contributed by atoms with Gasteiger partial charge < -0.3 is 14.6 Å². The van der Waals surface area contributed by atoms with E-state index in [4.69, 9.17) is 32.9 Å². The molecule has 1 aromatic heterocycles. The molecule has 2 heterocycles. The minimum absolute atomic E-state index is 0.0471. The number of thiazole rings is 1. The second kappa shape index (κ2) is 7.99. The van der Waals surface area contributed by atoms with E-state index in [1.807, 2.05) is 24.3 Å². The monoisotopic (exact) mass is 433 g/mol. The van der Waals surface area contributed by atoms with Gasteiger partial charge >= 0.3 is 0 Å². The minimum atomic E-state index is -0.149. The normalized spacial score (nSPS) is 13.8. The first-order chi connectivity index (χ1) is 13.5. The number of nitrogens with zero attached hydrogens (tertiary/aromatic N) is 2. The van der Waals surface area contributed by atoms with Gasteiger partial charge in [-0.05, 0) is 42.8 Å². The molecule has 4 rings (SSSR count). The number of halogens is 2. The van der Waals surface area contributed by atoms with Crippen LogP contribution >= 0.6 is 34.5 Å². The number of anilines is 1. The van der Waals surface area contributed by atoms with Gasteiger partial charge in [0.25, 0.3) is 5.91 Å². The summed E-state index contributed by atoms with van der Waals surface area (Å²) in [6, 6.07) is 11.1. The Hall–Kier alpha value is -2.28. The van der Waals surface area contributed by atoms with E-state index in [9.17, 15) is 4.79 Å². The summed E-state index contributed by atoms with van der Waals surface area (Å²) in [6.07, 6.45) is 0.954. The summed E-state index contributed by atoms with van der Waals surface area (Å²) in [5, 5.41) is 6.01. The van der Waals surface area contributed by atoms with Gasteiger partial charge in [-0.1, -0.05) is 30.1 Å². The van der Waals surface area contributed by atoms with Crippen LogP contribution < -0.4 is 14.9 Å². The van der Waals surface area contributed by atoms with Crippen molar-refractivity contribution in [3.63, 3.8) is 0 Å². The van der Waals surface area contributed by atoms with Crippen molar-refractivity contribution in [1.29, 1.82) is 0 Å². The summed E-state index contributed by atoms with van der Waals surface area (Å²) in [5.74, 6) is 0.531. The molecule has 0 radical (unpaired) electrons. The molecule has 0 aliphatic carbocycles. The SMILES string of the molecule is CCCn1c(-c2ccc3c(c2)NC(=O)CO3)csc1=Nc1ccc(Cl)cc1Cl. The molecule has 144 valence electrons. The zero-order valence-corrected chi connectivity index (χ0v) is 17.4. The third-order valence-corrected chi connectivity index (χ3v) is 5.68. The molecule has 1 amide bonds. The van der Waals surface area contributed by atoms with E-state index in [2.05, 4.69) is 22.2 Å². The highest BCUT2D eigenvalue weighted by molar-refractivity contribution is 7.07. The summed E-state index contributed by atoms with van der Waals surface area (Å²) in [5.41, 5.74) is 3.37. The first kappa shape index (κ1) is 19.1. The molecule has 0 bridgehead atoms. The molecular weight excluding hydrogens is 417 g/mol. The second-order valence-electron chi connectivity index (χ2n) is 6.31. The van der Waals surface area contributed by atoms with Crippen LogP contribution in [-0.2, 0) is 11.3 Å². The minimum Gasteiger partial charge on any atom is -0.482 e. The molecule has 1 aliphatic heterocycles. The number of nitrogens with one attached hydrogen (secondary N) is 1. The van der Waals surface area contributed by atoms with Gasteiger partial charge in [0.2, 0.25) is 0 Å². The van der Waals surface area contributed by atoms with Crippen LogP contribution in [0, 0.1) is 0 Å². The Bertz CT molecular complexity index is 1120. The van der Waals surface area contributed by atoms with E-state index in [1.54, 1.807) is 23.5 Å². The van der Waals surface area contributed by atoms with Crippen LogP contribution in [0.15, 0.2) is 46.8 Å². The summed E-state index contributed by atoms with van der Waals surface area (Å²) >= 11 is 13.8. The molecule has 1 N–H and O–H groups in total. The van der Waals surface area contributed by atoms with E-state index in [1.165, 1.54) is 0 Å². The zero-order valence-electron chi connectivity index (χ0n) is 15.0. The number of fused-ring (bicyclic) bond motifs is 1. The van der Waals surface area contributed by atoms with E-state index < -0.39 is 0 Å². The number of hydrogen-bond acceptors (Lipinski definition) is 4. The number of carbonyl (C=O) groups is 1. The Kier molecular flexibility index (Phi) is 5.44. The van der Waals surface area contributed by atoms with Crippen LogP contribution in [0.25, 0.3) is 11.3 Å². The average molecular weight is 434 g/mol. The molecule has 0 atom stereocenters. The first-order valence-electron chi connectivity index (χ1n) is 8.80. The van der Waals surface area contributed by atoms with Gasteiger partial charge in [-0.3, -0.25) is 4.79 Å². The van der Waals surface area contributed by atoms with E-state index in [-0.39, 0.29) is 12.5 Å². The van der Waals surface area contributed by atoms with Crippen LogP contribution in [0.3, 0.4) is 0 Å². The lowest BCUT2D eigenvalue weighted by Crippen LogP contribution is -2.25. The first-order valence-corrected chi connectivity index (χ1v) is 10.4. The largest absolute Gasteiger partial charge is 0.482 e. The quantitative estimate of drug-likeness (QED) is 0.590. The Balaban J connectivity index is 1.80. The fraction of sp³-hybridized carbons (Fsp3) is 0.200. The van der Waals surface area contributed by atoms with Crippen molar-refractivity contribution in [2.45, 2.75) is 19.9 Å². The van der Waals surface area contributed by atoms with Crippen molar-refractivity contribution >= 4 is 51.8 Å². The van der Waals surface area contributed by atoms with Gasteiger partial charge in [0.05, 0.1) is 22.1 Å². The average Bonchev–Trinajstić information content (AvgIpc) is 3.06. The fourth-order valence-electron chi connectivity index (χ4n) is 3.01. The fourth-order valence-corrected chi connectivity index (χ4v) is 4.41. The molecular formula is C20H17Cl2N3O2S. The highest BCUT2D eigenvalue weighted by Crippen LogP contribution is 2.33. The van der Waals surface area contributed by atoms with Crippen molar-refractivity contribution in [1.82, 2.24) is 4.57 Å². The van der Waals surface area contributed by atoms with Gasteiger partial charge in [0, 0.05) is 22.5 Å². The Morgan fingerprint density at radius 2 is 2.11 bits per heavy atom. The smallest absolute Gasteiger partial charge is 0.262 e. The van der Waals surface area contributed by atoms with Crippen LogP contribution in [-0.4, -0.2) is 17.1 Å². The zero-order chi connectivity index (χ0) is 19.7. The second-order valence-corrected chi connectivity index (χ2v) is 7.99. The van der Waals surface area contributed by atoms with Crippen molar-refractivity contribution in [2.24, 2.45) is 4.99 Å². The molecule has 0 unspecified atom stereocenters. The summed E-state index contributed by atoms with van der Waals surface area (Å²) in [4.78, 5) is 17.2. The van der Waals surface area contributed by atoms with E-state index in [0.29, 0.717) is 27.2 Å². The van der Waals surface area contributed by atoms with Gasteiger partial charge in [-0.15, -0.1) is 11.3 Å².